The fourth-order valence-corrected chi connectivity index (χ4v) is 1.73. The number of thiocarbonyl (C=S) groups is 1. The van der Waals surface area contributed by atoms with Gasteiger partial charge in [-0.3, -0.25) is 0 Å². The third kappa shape index (κ3) is 3.49. The van der Waals surface area contributed by atoms with Crippen molar-refractivity contribution in [2.45, 2.75) is 33.1 Å². The number of rotatable bonds is 6. The third-order valence-corrected chi connectivity index (χ3v) is 2.69. The zero-order chi connectivity index (χ0) is 12.0. The lowest BCUT2D eigenvalue weighted by atomic mass is 10.1. The van der Waals surface area contributed by atoms with Crippen LogP contribution >= 0.6 is 12.2 Å². The van der Waals surface area contributed by atoms with Crippen LogP contribution in [-0.2, 0) is 0 Å². The van der Waals surface area contributed by atoms with Crippen molar-refractivity contribution in [2.24, 2.45) is 5.73 Å². The number of benzene rings is 1. The lowest BCUT2D eigenvalue weighted by Gasteiger charge is -2.13. The molecular weight excluding hydrogens is 218 g/mol. The molecule has 0 bridgehead atoms. The van der Waals surface area contributed by atoms with Gasteiger partial charge in [-0.05, 0) is 25.0 Å². The molecule has 0 amide bonds. The highest BCUT2D eigenvalue weighted by atomic mass is 32.1. The topological polar surface area (TPSA) is 35.2 Å². The molecule has 3 heteroatoms. The number of unbranched alkanes of at least 4 members (excludes halogenated alkanes) is 2. The minimum Gasteiger partial charge on any atom is -0.493 e. The van der Waals surface area contributed by atoms with E-state index in [9.17, 15) is 0 Å². The first-order valence-corrected chi connectivity index (χ1v) is 6.09. The molecule has 0 saturated carbocycles. The summed E-state index contributed by atoms with van der Waals surface area (Å²) in [6.45, 7) is 4.92. The van der Waals surface area contributed by atoms with Gasteiger partial charge < -0.3 is 10.5 Å². The largest absolute Gasteiger partial charge is 0.493 e. The van der Waals surface area contributed by atoms with Crippen LogP contribution in [-0.4, -0.2) is 11.6 Å². The molecular formula is C13H19NOS. The van der Waals surface area contributed by atoms with Gasteiger partial charge >= 0.3 is 0 Å². The van der Waals surface area contributed by atoms with Crippen molar-refractivity contribution in [3.63, 3.8) is 0 Å². The summed E-state index contributed by atoms with van der Waals surface area (Å²) in [5, 5.41) is 0. The third-order valence-electron chi connectivity index (χ3n) is 2.47. The van der Waals surface area contributed by atoms with Gasteiger partial charge in [0.25, 0.3) is 0 Å². The van der Waals surface area contributed by atoms with Gasteiger partial charge in [-0.2, -0.15) is 0 Å². The van der Waals surface area contributed by atoms with Crippen LogP contribution < -0.4 is 10.5 Å². The van der Waals surface area contributed by atoms with Crippen LogP contribution in [0.3, 0.4) is 0 Å². The molecule has 1 aromatic carbocycles. The van der Waals surface area contributed by atoms with Gasteiger partial charge in [0.15, 0.2) is 0 Å². The second kappa shape index (κ2) is 6.48. The van der Waals surface area contributed by atoms with E-state index < -0.39 is 0 Å². The van der Waals surface area contributed by atoms with Gasteiger partial charge in [0.2, 0.25) is 0 Å². The van der Waals surface area contributed by atoms with Gasteiger partial charge in [-0.25, -0.2) is 0 Å². The maximum atomic E-state index is 5.76. The Morgan fingerprint density at radius 2 is 2.12 bits per heavy atom. The number of hydrogen-bond donors (Lipinski definition) is 1. The predicted molar refractivity (Wildman–Crippen MR) is 72.1 cm³/mol. The normalized spacial score (nSPS) is 10.1. The zero-order valence-electron chi connectivity index (χ0n) is 9.95. The van der Waals surface area contributed by atoms with Gasteiger partial charge in [0.05, 0.1) is 12.2 Å². The minimum atomic E-state index is 0.397. The highest BCUT2D eigenvalue weighted by molar-refractivity contribution is 7.80. The lowest BCUT2D eigenvalue weighted by molar-refractivity contribution is 0.304. The van der Waals surface area contributed by atoms with E-state index in [0.29, 0.717) is 4.99 Å². The summed E-state index contributed by atoms with van der Waals surface area (Å²) in [5.74, 6) is 0.839. The van der Waals surface area contributed by atoms with E-state index in [-0.39, 0.29) is 0 Å². The number of para-hydroxylation sites is 1. The molecule has 0 heterocycles. The smallest absolute Gasteiger partial charge is 0.132 e. The zero-order valence-corrected chi connectivity index (χ0v) is 10.8. The van der Waals surface area contributed by atoms with Crippen LogP contribution in [0.5, 0.6) is 5.75 Å². The molecule has 0 saturated heterocycles. The summed E-state index contributed by atoms with van der Waals surface area (Å²) < 4.78 is 5.76. The second-order valence-electron chi connectivity index (χ2n) is 3.87. The van der Waals surface area contributed by atoms with Gasteiger partial charge in [-0.15, -0.1) is 0 Å². The van der Waals surface area contributed by atoms with E-state index in [1.54, 1.807) is 0 Å². The SMILES string of the molecule is CCCCCOc1c(C)cccc1C(N)=S. The molecule has 0 aliphatic heterocycles. The fraction of sp³-hybridized carbons (Fsp3) is 0.462. The number of hydrogen-bond acceptors (Lipinski definition) is 2. The number of ether oxygens (including phenoxy) is 1. The molecule has 0 radical (unpaired) electrons. The Morgan fingerprint density at radius 3 is 2.75 bits per heavy atom. The van der Waals surface area contributed by atoms with Crippen molar-refractivity contribution in [1.29, 1.82) is 0 Å². The van der Waals surface area contributed by atoms with Gasteiger partial charge in [-0.1, -0.05) is 44.1 Å². The van der Waals surface area contributed by atoms with Crippen molar-refractivity contribution in [3.05, 3.63) is 29.3 Å². The van der Waals surface area contributed by atoms with Gasteiger partial charge in [0.1, 0.15) is 10.7 Å². The Kier molecular flexibility index (Phi) is 5.26. The quantitative estimate of drug-likeness (QED) is 0.609. The lowest BCUT2D eigenvalue weighted by Crippen LogP contribution is -2.13. The Labute approximate surface area is 103 Å². The Morgan fingerprint density at radius 1 is 1.38 bits per heavy atom. The first-order valence-electron chi connectivity index (χ1n) is 5.69. The summed E-state index contributed by atoms with van der Waals surface area (Å²) in [5.41, 5.74) is 7.59. The molecule has 0 aliphatic carbocycles. The fourth-order valence-electron chi connectivity index (χ4n) is 1.56. The monoisotopic (exact) mass is 237 g/mol. The Hall–Kier alpha value is -1.09. The standard InChI is InChI=1S/C13H19NOS/c1-3-4-5-9-15-12-10(2)7-6-8-11(12)13(14)16/h6-8H,3-5,9H2,1-2H3,(H2,14,16). The molecule has 1 rings (SSSR count). The molecule has 16 heavy (non-hydrogen) atoms. The van der Waals surface area contributed by atoms with Crippen LogP contribution in [0.15, 0.2) is 18.2 Å². The van der Waals surface area contributed by atoms with E-state index in [1.165, 1.54) is 12.8 Å². The summed E-state index contributed by atoms with van der Waals surface area (Å²) in [6, 6.07) is 5.87. The highest BCUT2D eigenvalue weighted by Gasteiger charge is 2.08. The van der Waals surface area contributed by atoms with Crippen LogP contribution in [0.1, 0.15) is 37.3 Å². The van der Waals surface area contributed by atoms with Crippen LogP contribution in [0.2, 0.25) is 0 Å². The Balaban J connectivity index is 2.73. The average molecular weight is 237 g/mol. The van der Waals surface area contributed by atoms with Crippen molar-refractivity contribution < 1.29 is 4.74 Å². The minimum absolute atomic E-state index is 0.397. The summed E-state index contributed by atoms with van der Waals surface area (Å²) >= 11 is 5.01. The maximum absolute atomic E-state index is 5.76. The summed E-state index contributed by atoms with van der Waals surface area (Å²) in [4.78, 5) is 0.397. The molecule has 0 spiro atoms. The molecule has 0 unspecified atom stereocenters. The van der Waals surface area contributed by atoms with Crippen molar-refractivity contribution in [1.82, 2.24) is 0 Å². The van der Waals surface area contributed by atoms with Crippen molar-refractivity contribution in [2.75, 3.05) is 6.61 Å². The average Bonchev–Trinajstić information content (AvgIpc) is 2.25. The van der Waals surface area contributed by atoms with Gasteiger partial charge in [0, 0.05) is 0 Å². The van der Waals surface area contributed by atoms with Crippen molar-refractivity contribution in [3.8, 4) is 5.75 Å². The molecule has 2 nitrogen and oxygen atoms in total. The molecule has 1 aromatic rings. The van der Waals surface area contributed by atoms with Crippen molar-refractivity contribution >= 4 is 17.2 Å². The Bertz CT molecular complexity index is 363. The van der Waals surface area contributed by atoms with E-state index in [4.69, 9.17) is 22.7 Å². The highest BCUT2D eigenvalue weighted by Crippen LogP contribution is 2.23. The number of nitrogens with two attached hydrogens (primary N) is 1. The maximum Gasteiger partial charge on any atom is 0.132 e. The molecule has 2 N–H and O–H groups in total. The summed E-state index contributed by atoms with van der Waals surface area (Å²) in [7, 11) is 0. The molecule has 88 valence electrons. The first-order chi connectivity index (χ1) is 7.66. The van der Waals surface area contributed by atoms with Crippen LogP contribution in [0.25, 0.3) is 0 Å². The number of aryl methyl sites for hydroxylation is 1. The first kappa shape index (κ1) is 13.0. The molecule has 0 fully saturated rings. The van der Waals surface area contributed by atoms with Crippen LogP contribution in [0, 0.1) is 6.92 Å². The van der Waals surface area contributed by atoms with E-state index in [2.05, 4.69) is 6.92 Å². The molecule has 0 aromatic heterocycles. The van der Waals surface area contributed by atoms with E-state index >= 15 is 0 Å². The second-order valence-corrected chi connectivity index (χ2v) is 4.31. The predicted octanol–water partition coefficient (Wildman–Crippen LogP) is 3.20. The molecule has 0 atom stereocenters. The van der Waals surface area contributed by atoms with E-state index in [0.717, 1.165) is 29.9 Å². The van der Waals surface area contributed by atoms with Crippen LogP contribution in [0.4, 0.5) is 0 Å². The summed E-state index contributed by atoms with van der Waals surface area (Å²) in [6.07, 6.45) is 3.45. The molecule has 0 aliphatic rings. The van der Waals surface area contributed by atoms with E-state index in [1.807, 2.05) is 25.1 Å².